The number of hydrogen-bond donors (Lipinski definition) is 1. The third-order valence-corrected chi connectivity index (χ3v) is 5.99. The van der Waals surface area contributed by atoms with Crippen LogP contribution in [0.4, 0.5) is 5.69 Å². The van der Waals surface area contributed by atoms with Gasteiger partial charge in [0.25, 0.3) is 0 Å². The molecule has 0 fully saturated rings. The first kappa shape index (κ1) is 21.6. The number of hydrogen-bond acceptors (Lipinski definition) is 4. The standard InChI is InChI=1S/C23H26N2O4S/c1-18-10-12-20(13-11-18)25(30(2,27)28)17-23(26)24-15-14-21(22-9-6-16-29-22)19-7-4-3-5-8-19/h3-13,16,21H,14-15,17H2,1-2H3,(H,24,26)/t21-/m1/s1. The fourth-order valence-electron chi connectivity index (χ4n) is 3.30. The van der Waals surface area contributed by atoms with Gasteiger partial charge >= 0.3 is 0 Å². The van der Waals surface area contributed by atoms with E-state index in [1.54, 1.807) is 18.4 Å². The van der Waals surface area contributed by atoms with Gasteiger partial charge < -0.3 is 9.73 Å². The third-order valence-electron chi connectivity index (χ3n) is 4.85. The summed E-state index contributed by atoms with van der Waals surface area (Å²) < 4.78 is 31.1. The van der Waals surface area contributed by atoms with Crippen LogP contribution in [-0.2, 0) is 14.8 Å². The molecule has 0 unspecified atom stereocenters. The summed E-state index contributed by atoms with van der Waals surface area (Å²) in [6.45, 7) is 2.05. The zero-order valence-corrected chi connectivity index (χ0v) is 17.9. The largest absolute Gasteiger partial charge is 0.469 e. The Morgan fingerprint density at radius 3 is 2.33 bits per heavy atom. The number of amides is 1. The predicted molar refractivity (Wildman–Crippen MR) is 118 cm³/mol. The Morgan fingerprint density at radius 2 is 1.73 bits per heavy atom. The van der Waals surface area contributed by atoms with E-state index < -0.39 is 10.0 Å². The van der Waals surface area contributed by atoms with Gasteiger partial charge in [0.1, 0.15) is 12.3 Å². The van der Waals surface area contributed by atoms with Crippen molar-refractivity contribution in [3.63, 3.8) is 0 Å². The minimum Gasteiger partial charge on any atom is -0.469 e. The molecule has 1 amide bonds. The number of benzene rings is 2. The van der Waals surface area contributed by atoms with E-state index in [-0.39, 0.29) is 18.4 Å². The second kappa shape index (κ2) is 9.63. The van der Waals surface area contributed by atoms with Crippen molar-refractivity contribution in [3.8, 4) is 0 Å². The highest BCUT2D eigenvalue weighted by atomic mass is 32.2. The van der Waals surface area contributed by atoms with Crippen LogP contribution in [0.15, 0.2) is 77.4 Å². The van der Waals surface area contributed by atoms with Crippen LogP contribution >= 0.6 is 0 Å². The van der Waals surface area contributed by atoms with E-state index in [2.05, 4.69) is 5.32 Å². The van der Waals surface area contributed by atoms with Crippen LogP contribution in [0.5, 0.6) is 0 Å². The van der Waals surface area contributed by atoms with Crippen LogP contribution in [0, 0.1) is 6.92 Å². The van der Waals surface area contributed by atoms with E-state index in [9.17, 15) is 13.2 Å². The van der Waals surface area contributed by atoms with Crippen molar-refractivity contribution in [2.24, 2.45) is 0 Å². The Morgan fingerprint density at radius 1 is 1.03 bits per heavy atom. The monoisotopic (exact) mass is 426 g/mol. The Hall–Kier alpha value is -3.06. The molecule has 0 saturated carbocycles. The maximum absolute atomic E-state index is 12.5. The van der Waals surface area contributed by atoms with E-state index in [0.29, 0.717) is 18.7 Å². The second-order valence-electron chi connectivity index (χ2n) is 7.22. The van der Waals surface area contributed by atoms with E-state index in [1.165, 1.54) is 0 Å². The maximum atomic E-state index is 12.5. The molecule has 0 radical (unpaired) electrons. The van der Waals surface area contributed by atoms with Gasteiger partial charge in [0.2, 0.25) is 15.9 Å². The molecular formula is C23H26N2O4S. The van der Waals surface area contributed by atoms with Crippen LogP contribution in [0.3, 0.4) is 0 Å². The number of furan rings is 1. The predicted octanol–water partition coefficient (Wildman–Crippen LogP) is 3.69. The summed E-state index contributed by atoms with van der Waals surface area (Å²) in [5.41, 5.74) is 2.58. The van der Waals surface area contributed by atoms with Crippen LogP contribution in [0.2, 0.25) is 0 Å². The average Bonchev–Trinajstić information content (AvgIpc) is 3.24. The zero-order chi connectivity index (χ0) is 21.6. The molecule has 1 atom stereocenters. The number of rotatable bonds is 9. The van der Waals surface area contributed by atoms with Crippen LogP contribution in [0.25, 0.3) is 0 Å². The van der Waals surface area contributed by atoms with Crippen molar-refractivity contribution < 1.29 is 17.6 Å². The smallest absolute Gasteiger partial charge is 0.240 e. The first-order chi connectivity index (χ1) is 14.3. The normalized spacial score (nSPS) is 12.3. The molecule has 0 aliphatic carbocycles. The summed E-state index contributed by atoms with van der Waals surface area (Å²) in [4.78, 5) is 12.5. The van der Waals surface area contributed by atoms with Gasteiger partial charge in [-0.1, -0.05) is 48.0 Å². The Bertz CT molecular complexity index is 1050. The SMILES string of the molecule is Cc1ccc(N(CC(=O)NCC[C@H](c2ccccc2)c2ccco2)S(C)(=O)=O)cc1. The zero-order valence-electron chi connectivity index (χ0n) is 17.1. The summed E-state index contributed by atoms with van der Waals surface area (Å²) in [6, 6.07) is 20.7. The van der Waals surface area contributed by atoms with Crippen LogP contribution < -0.4 is 9.62 Å². The fraction of sp³-hybridized carbons (Fsp3) is 0.261. The first-order valence-electron chi connectivity index (χ1n) is 9.74. The quantitative estimate of drug-likeness (QED) is 0.566. The lowest BCUT2D eigenvalue weighted by molar-refractivity contribution is -0.119. The van der Waals surface area contributed by atoms with Crippen LogP contribution in [-0.4, -0.2) is 33.7 Å². The van der Waals surface area contributed by atoms with Gasteiger partial charge in [-0.05, 0) is 43.2 Å². The first-order valence-corrected chi connectivity index (χ1v) is 11.6. The van der Waals surface area contributed by atoms with Gasteiger partial charge in [-0.25, -0.2) is 8.42 Å². The molecule has 0 bridgehead atoms. The number of anilines is 1. The molecular weight excluding hydrogens is 400 g/mol. The number of carbonyl (C=O) groups is 1. The molecule has 1 N–H and O–H groups in total. The summed E-state index contributed by atoms with van der Waals surface area (Å²) in [5, 5.41) is 2.84. The molecule has 0 aliphatic rings. The molecule has 3 aromatic rings. The van der Waals surface area contributed by atoms with Crippen LogP contribution in [0.1, 0.15) is 29.2 Å². The van der Waals surface area contributed by atoms with Crippen molar-refractivity contribution in [1.29, 1.82) is 0 Å². The highest BCUT2D eigenvalue weighted by molar-refractivity contribution is 7.92. The highest BCUT2D eigenvalue weighted by Crippen LogP contribution is 2.27. The molecule has 0 aliphatic heterocycles. The van der Waals surface area contributed by atoms with Gasteiger partial charge in [0.15, 0.2) is 0 Å². The molecule has 1 heterocycles. The molecule has 2 aromatic carbocycles. The lowest BCUT2D eigenvalue weighted by Crippen LogP contribution is -2.40. The van der Waals surface area contributed by atoms with Gasteiger partial charge in [-0.2, -0.15) is 0 Å². The molecule has 3 rings (SSSR count). The van der Waals surface area contributed by atoms with Crippen molar-refractivity contribution >= 4 is 21.6 Å². The Kier molecular flexibility index (Phi) is 6.95. The number of aryl methyl sites for hydroxylation is 1. The van der Waals surface area contributed by atoms with Crippen molar-refractivity contribution in [2.75, 3.05) is 23.7 Å². The molecule has 0 saturated heterocycles. The summed E-state index contributed by atoms with van der Waals surface area (Å²) >= 11 is 0. The molecule has 1 aromatic heterocycles. The highest BCUT2D eigenvalue weighted by Gasteiger charge is 2.21. The maximum Gasteiger partial charge on any atom is 0.240 e. The molecule has 0 spiro atoms. The van der Waals surface area contributed by atoms with E-state index in [0.717, 1.165) is 27.4 Å². The van der Waals surface area contributed by atoms with E-state index in [1.807, 2.05) is 61.5 Å². The van der Waals surface area contributed by atoms with Gasteiger partial charge in [0.05, 0.1) is 18.2 Å². The van der Waals surface area contributed by atoms with E-state index >= 15 is 0 Å². The molecule has 30 heavy (non-hydrogen) atoms. The van der Waals surface area contributed by atoms with E-state index in [4.69, 9.17) is 4.42 Å². The summed E-state index contributed by atoms with van der Waals surface area (Å²) in [6.07, 6.45) is 3.37. The topological polar surface area (TPSA) is 79.6 Å². The number of nitrogens with zero attached hydrogens (tertiary/aromatic N) is 1. The number of carbonyl (C=O) groups excluding carboxylic acids is 1. The number of nitrogens with one attached hydrogen (secondary N) is 1. The van der Waals surface area contributed by atoms with Crippen molar-refractivity contribution in [1.82, 2.24) is 5.32 Å². The minimum absolute atomic E-state index is 0.00427. The lowest BCUT2D eigenvalue weighted by Gasteiger charge is -2.22. The van der Waals surface area contributed by atoms with Crippen molar-refractivity contribution in [3.05, 3.63) is 89.9 Å². The van der Waals surface area contributed by atoms with Gasteiger partial charge in [-0.15, -0.1) is 0 Å². The molecule has 158 valence electrons. The fourth-order valence-corrected chi connectivity index (χ4v) is 4.16. The minimum atomic E-state index is -3.59. The van der Waals surface area contributed by atoms with Gasteiger partial charge in [-0.3, -0.25) is 9.10 Å². The third kappa shape index (κ3) is 5.73. The lowest BCUT2D eigenvalue weighted by atomic mass is 9.93. The Labute approximate surface area is 177 Å². The summed E-state index contributed by atoms with van der Waals surface area (Å²) in [7, 11) is -3.59. The van der Waals surface area contributed by atoms with Crippen molar-refractivity contribution in [2.45, 2.75) is 19.3 Å². The Balaban J connectivity index is 1.64. The van der Waals surface area contributed by atoms with Gasteiger partial charge in [0, 0.05) is 12.5 Å². The number of sulfonamides is 1. The second-order valence-corrected chi connectivity index (χ2v) is 9.13. The summed E-state index contributed by atoms with van der Waals surface area (Å²) in [5.74, 6) is 0.477. The molecule has 7 heteroatoms. The average molecular weight is 427 g/mol. The molecule has 6 nitrogen and oxygen atoms in total.